The summed E-state index contributed by atoms with van der Waals surface area (Å²) >= 11 is 0. The molecule has 0 saturated carbocycles. The molecule has 0 aromatic carbocycles. The van der Waals surface area contributed by atoms with E-state index in [1.807, 2.05) is 5.32 Å². The number of nitrogens with one attached hydrogen (secondary N) is 1. The summed E-state index contributed by atoms with van der Waals surface area (Å²) in [7, 11) is 0. The highest BCUT2D eigenvalue weighted by molar-refractivity contribution is 5.96. The first-order valence-corrected chi connectivity index (χ1v) is 3.28. The molecule has 7 nitrogen and oxygen atoms in total. The molecule has 1 aromatic rings. The van der Waals surface area contributed by atoms with Crippen molar-refractivity contribution in [3.63, 3.8) is 0 Å². The first kappa shape index (κ1) is 9.04. The minimum absolute atomic E-state index is 0.140. The fourth-order valence-electron chi connectivity index (χ4n) is 0.769. The number of urea groups is 1. The number of anilines is 1. The summed E-state index contributed by atoms with van der Waals surface area (Å²) in [4.78, 5) is 24.4. The summed E-state index contributed by atoms with van der Waals surface area (Å²) in [6.45, 7) is 1.46. The second-order valence-electron chi connectivity index (χ2n) is 2.21. The van der Waals surface area contributed by atoms with Gasteiger partial charge in [-0.05, 0) is 0 Å². The summed E-state index contributed by atoms with van der Waals surface area (Å²) < 4.78 is 4.78. The molecule has 0 aliphatic heterocycles. The molecule has 1 aromatic heterocycles. The van der Waals surface area contributed by atoms with E-state index in [-0.39, 0.29) is 17.5 Å². The molecule has 0 aliphatic rings. The van der Waals surface area contributed by atoms with Crippen LogP contribution < -0.4 is 11.1 Å². The van der Waals surface area contributed by atoms with Gasteiger partial charge in [-0.15, -0.1) is 0 Å². The van der Waals surface area contributed by atoms with Crippen LogP contribution in [0.2, 0.25) is 0 Å². The largest absolute Gasteiger partial charge is 0.476 e. The number of rotatable bonds is 2. The second kappa shape index (κ2) is 3.13. The van der Waals surface area contributed by atoms with Crippen molar-refractivity contribution in [1.29, 1.82) is 0 Å². The Morgan fingerprint density at radius 1 is 1.62 bits per heavy atom. The summed E-state index contributed by atoms with van der Waals surface area (Å²) in [6, 6.07) is -0.904. The number of oxazole rings is 1. The van der Waals surface area contributed by atoms with E-state index in [2.05, 4.69) is 4.98 Å². The molecule has 70 valence electrons. The van der Waals surface area contributed by atoms with Crippen molar-refractivity contribution in [3.8, 4) is 0 Å². The van der Waals surface area contributed by atoms with Gasteiger partial charge in [-0.2, -0.15) is 0 Å². The molecule has 0 unspecified atom stereocenters. The number of aromatic nitrogens is 1. The highest BCUT2D eigenvalue weighted by Crippen LogP contribution is 2.15. The van der Waals surface area contributed by atoms with Crippen molar-refractivity contribution < 1.29 is 19.1 Å². The van der Waals surface area contributed by atoms with Gasteiger partial charge in [0, 0.05) is 6.92 Å². The van der Waals surface area contributed by atoms with Gasteiger partial charge in [0.2, 0.25) is 11.6 Å². The number of amides is 2. The number of nitrogens with zero attached hydrogens (tertiary/aromatic N) is 1. The van der Waals surface area contributed by atoms with E-state index in [0.29, 0.717) is 0 Å². The third kappa shape index (κ3) is 1.95. The molecule has 0 bridgehead atoms. The molecule has 0 fully saturated rings. The maximum atomic E-state index is 10.5. The SMILES string of the molecule is Cc1nc(C(=O)O)c(NC(N)=O)o1. The lowest BCUT2D eigenvalue weighted by Crippen LogP contribution is -2.20. The number of primary amides is 1. The number of carboxylic acid groups (broad SMARTS) is 1. The van der Waals surface area contributed by atoms with Gasteiger partial charge in [0.1, 0.15) is 0 Å². The van der Waals surface area contributed by atoms with Gasteiger partial charge >= 0.3 is 12.0 Å². The molecule has 1 rings (SSSR count). The minimum atomic E-state index is -1.29. The standard InChI is InChI=1S/C6H7N3O4/c1-2-8-3(5(10)11)4(13-2)9-6(7)12/h1H3,(H,10,11)(H3,7,9,12). The summed E-state index contributed by atoms with van der Waals surface area (Å²) in [5.74, 6) is -1.40. The van der Waals surface area contributed by atoms with Crippen LogP contribution in [0.25, 0.3) is 0 Å². The Morgan fingerprint density at radius 3 is 2.69 bits per heavy atom. The molecule has 2 amide bonds. The van der Waals surface area contributed by atoms with E-state index in [1.54, 1.807) is 0 Å². The van der Waals surface area contributed by atoms with Crippen LogP contribution in [-0.2, 0) is 0 Å². The van der Waals surface area contributed by atoms with Gasteiger partial charge in [-0.1, -0.05) is 0 Å². The number of carbonyl (C=O) groups is 2. The van der Waals surface area contributed by atoms with Crippen molar-refractivity contribution >= 4 is 17.9 Å². The zero-order valence-corrected chi connectivity index (χ0v) is 6.70. The van der Waals surface area contributed by atoms with Crippen LogP contribution in [-0.4, -0.2) is 22.1 Å². The Bertz CT molecular complexity index is 357. The zero-order valence-electron chi connectivity index (χ0n) is 6.70. The summed E-state index contributed by atoms with van der Waals surface area (Å²) in [6.07, 6.45) is 0. The Balaban J connectivity index is 3.04. The average molecular weight is 185 g/mol. The molecule has 0 aliphatic carbocycles. The first-order valence-electron chi connectivity index (χ1n) is 3.28. The lowest BCUT2D eigenvalue weighted by atomic mass is 10.4. The number of hydrogen-bond donors (Lipinski definition) is 3. The topological polar surface area (TPSA) is 118 Å². The van der Waals surface area contributed by atoms with Crippen LogP contribution in [0, 0.1) is 6.92 Å². The molecule has 13 heavy (non-hydrogen) atoms. The second-order valence-corrected chi connectivity index (χ2v) is 2.21. The summed E-state index contributed by atoms with van der Waals surface area (Å²) in [5, 5.41) is 10.6. The smallest absolute Gasteiger partial charge is 0.360 e. The van der Waals surface area contributed by atoms with Crippen LogP contribution in [0.1, 0.15) is 16.4 Å². The van der Waals surface area contributed by atoms with Gasteiger partial charge in [-0.3, -0.25) is 5.32 Å². The van der Waals surface area contributed by atoms with Gasteiger partial charge in [0.15, 0.2) is 5.89 Å². The molecule has 7 heteroatoms. The van der Waals surface area contributed by atoms with Crippen LogP contribution in [0.15, 0.2) is 4.42 Å². The predicted molar refractivity (Wildman–Crippen MR) is 41.4 cm³/mol. The Hall–Kier alpha value is -2.05. The highest BCUT2D eigenvalue weighted by Gasteiger charge is 2.18. The number of carbonyl (C=O) groups excluding carboxylic acids is 1. The van der Waals surface area contributed by atoms with Crippen LogP contribution in [0.5, 0.6) is 0 Å². The molecule has 0 spiro atoms. The number of nitrogens with two attached hydrogens (primary N) is 1. The number of aromatic carboxylic acids is 1. The fourth-order valence-corrected chi connectivity index (χ4v) is 0.769. The lowest BCUT2D eigenvalue weighted by Gasteiger charge is -1.95. The van der Waals surface area contributed by atoms with E-state index in [1.165, 1.54) is 6.92 Å². The molecular weight excluding hydrogens is 178 g/mol. The molecule has 0 saturated heterocycles. The number of aryl methyl sites for hydroxylation is 1. The quantitative estimate of drug-likeness (QED) is 0.606. The molecule has 0 radical (unpaired) electrons. The van der Waals surface area contributed by atoms with Crippen molar-refractivity contribution in [2.24, 2.45) is 5.73 Å². The van der Waals surface area contributed by atoms with E-state index < -0.39 is 12.0 Å². The number of hydrogen-bond acceptors (Lipinski definition) is 4. The Labute approximate surface area is 72.5 Å². The van der Waals surface area contributed by atoms with Gasteiger partial charge < -0.3 is 15.3 Å². The van der Waals surface area contributed by atoms with Crippen LogP contribution >= 0.6 is 0 Å². The third-order valence-electron chi connectivity index (χ3n) is 1.17. The lowest BCUT2D eigenvalue weighted by molar-refractivity contribution is 0.0692. The van der Waals surface area contributed by atoms with Crippen molar-refractivity contribution in [3.05, 3.63) is 11.6 Å². The minimum Gasteiger partial charge on any atom is -0.476 e. The maximum Gasteiger partial charge on any atom is 0.360 e. The summed E-state index contributed by atoms with van der Waals surface area (Å²) in [5.41, 5.74) is 4.41. The average Bonchev–Trinajstić information content (AvgIpc) is 2.29. The Morgan fingerprint density at radius 2 is 2.23 bits per heavy atom. The van der Waals surface area contributed by atoms with Gasteiger partial charge in [0.25, 0.3) is 0 Å². The normalized spacial score (nSPS) is 9.62. The maximum absolute atomic E-state index is 10.5. The van der Waals surface area contributed by atoms with E-state index in [4.69, 9.17) is 15.3 Å². The van der Waals surface area contributed by atoms with Crippen molar-refractivity contribution in [2.45, 2.75) is 6.92 Å². The van der Waals surface area contributed by atoms with E-state index >= 15 is 0 Å². The first-order chi connectivity index (χ1) is 6.00. The third-order valence-corrected chi connectivity index (χ3v) is 1.17. The van der Waals surface area contributed by atoms with E-state index in [9.17, 15) is 9.59 Å². The zero-order chi connectivity index (χ0) is 10.0. The van der Waals surface area contributed by atoms with Gasteiger partial charge in [-0.25, -0.2) is 14.6 Å². The van der Waals surface area contributed by atoms with Crippen LogP contribution in [0.3, 0.4) is 0 Å². The Kier molecular flexibility index (Phi) is 2.18. The highest BCUT2D eigenvalue weighted by atomic mass is 16.4. The van der Waals surface area contributed by atoms with E-state index in [0.717, 1.165) is 0 Å². The molecule has 0 atom stereocenters. The van der Waals surface area contributed by atoms with Crippen LogP contribution in [0.4, 0.5) is 10.7 Å². The van der Waals surface area contributed by atoms with Gasteiger partial charge in [0.05, 0.1) is 0 Å². The van der Waals surface area contributed by atoms with Crippen molar-refractivity contribution in [1.82, 2.24) is 4.98 Å². The number of carboxylic acids is 1. The van der Waals surface area contributed by atoms with Crippen molar-refractivity contribution in [2.75, 3.05) is 5.32 Å². The fraction of sp³-hybridized carbons (Fsp3) is 0.167. The molecule has 1 heterocycles. The monoisotopic (exact) mass is 185 g/mol. The molecule has 4 N–H and O–H groups in total. The molecular formula is C6H7N3O4. The predicted octanol–water partition coefficient (Wildman–Crippen LogP) is 0.172.